The van der Waals surface area contributed by atoms with Gasteiger partial charge < -0.3 is 33.8 Å². The first-order chi connectivity index (χ1) is 50.9. The summed E-state index contributed by atoms with van der Waals surface area (Å²) < 4.78 is 68.9. The fourth-order valence-corrected chi connectivity index (χ4v) is 15.0. The molecule has 0 amide bonds. The summed E-state index contributed by atoms with van der Waals surface area (Å²) in [5.74, 6) is -0.477. The zero-order valence-corrected chi connectivity index (χ0v) is 70.8. The van der Waals surface area contributed by atoms with Gasteiger partial charge in [-0.25, -0.2) is 9.13 Å². The smallest absolute Gasteiger partial charge is 0.462 e. The molecule has 3 N–H and O–H groups in total. The normalized spacial score (nSPS) is 13.8. The minimum atomic E-state index is -4.97. The second-order valence-corrected chi connectivity index (χ2v) is 34.8. The number of ether oxygens (including phenoxy) is 4. The van der Waals surface area contributed by atoms with E-state index in [9.17, 15) is 43.2 Å². The highest BCUT2D eigenvalue weighted by molar-refractivity contribution is 7.47. The Hall–Kier alpha value is -1.94. The van der Waals surface area contributed by atoms with E-state index in [-0.39, 0.29) is 25.7 Å². The maximum absolute atomic E-state index is 13.2. The SMILES string of the molecule is CCCCCCCCCCCCCCCCC(=O)O[C@H](COC(=O)CCCCCCCCCCCCCCC)COP(=O)(O)OC[C@H](O)COP(=O)(O)OC[C@@H](COC(=O)CCCCCCCCCCCCCCCCCCC(C)C)OC(=O)CCCCCCCCCCCCCCCCCCC(C)C. The first-order valence-corrected chi connectivity index (χ1v) is 47.5. The van der Waals surface area contributed by atoms with E-state index < -0.39 is 97.5 Å². The Morgan fingerprint density at radius 2 is 0.438 bits per heavy atom. The number of aliphatic hydroxyl groups is 1. The summed E-state index contributed by atoms with van der Waals surface area (Å²) >= 11 is 0. The highest BCUT2D eigenvalue weighted by Gasteiger charge is 2.30. The van der Waals surface area contributed by atoms with E-state index in [4.69, 9.17) is 37.0 Å². The molecule has 0 aromatic rings. The van der Waals surface area contributed by atoms with Gasteiger partial charge >= 0.3 is 39.5 Å². The largest absolute Gasteiger partial charge is 0.472 e. The van der Waals surface area contributed by atoms with Crippen LogP contribution in [0.5, 0.6) is 0 Å². The first-order valence-electron chi connectivity index (χ1n) is 44.5. The summed E-state index contributed by atoms with van der Waals surface area (Å²) in [4.78, 5) is 73.3. The second kappa shape index (κ2) is 77.4. The lowest BCUT2D eigenvalue weighted by molar-refractivity contribution is -0.161. The molecule has 0 fully saturated rings. The lowest BCUT2D eigenvalue weighted by atomic mass is 10.0. The molecule has 0 aliphatic heterocycles. The molecule has 0 heterocycles. The lowest BCUT2D eigenvalue weighted by Gasteiger charge is -2.21. The van der Waals surface area contributed by atoms with Crippen molar-refractivity contribution >= 4 is 39.5 Å². The number of carbonyl (C=O) groups is 4. The highest BCUT2D eigenvalue weighted by atomic mass is 31.2. The standard InChI is InChI=1S/C86H168O17P2/c1-7-9-11-13-15-17-19-21-33-40-46-52-58-64-70-85(90)102-81(74-96-83(88)68-62-56-50-44-38-30-20-18-16-14-12-10-8-2)76-100-104(92,93)98-72-80(87)73-99-105(94,95)101-77-82(103-86(91)71-65-59-53-47-41-35-29-25-23-27-32-37-43-49-55-61-67-79(5)6)75-97-84(89)69-63-57-51-45-39-34-28-24-22-26-31-36-42-48-54-60-66-78(3)4/h78-82,87H,7-77H2,1-6H3,(H,92,93)(H,94,95)/t80-,81+,82+/m0/s1. The van der Waals surface area contributed by atoms with Gasteiger partial charge in [-0.1, -0.05) is 408 Å². The molecule has 0 saturated heterocycles. The Balaban J connectivity index is 5.25. The number of hydrogen-bond donors (Lipinski definition) is 3. The van der Waals surface area contributed by atoms with Crippen LogP contribution >= 0.6 is 15.6 Å². The summed E-state index contributed by atoms with van der Waals surface area (Å²) in [6.07, 6.45) is 69.2. The van der Waals surface area contributed by atoms with Gasteiger partial charge in [0.15, 0.2) is 12.2 Å². The molecular formula is C86H168O17P2. The van der Waals surface area contributed by atoms with Crippen LogP contribution in [-0.2, 0) is 65.4 Å². The third-order valence-corrected chi connectivity index (χ3v) is 22.1. The minimum absolute atomic E-state index is 0.109. The lowest BCUT2D eigenvalue weighted by Crippen LogP contribution is -2.30. The van der Waals surface area contributed by atoms with Crippen molar-refractivity contribution in [2.24, 2.45) is 11.8 Å². The van der Waals surface area contributed by atoms with Crippen LogP contribution in [0.1, 0.15) is 459 Å². The van der Waals surface area contributed by atoms with Gasteiger partial charge in [0, 0.05) is 25.7 Å². The Labute approximate surface area is 645 Å². The molecule has 2 unspecified atom stereocenters. The number of phosphoric ester groups is 2. The number of unbranched alkanes of at least 4 members (excludes halogenated alkanes) is 55. The van der Waals surface area contributed by atoms with Gasteiger partial charge in [0.1, 0.15) is 19.3 Å². The Morgan fingerprint density at radius 3 is 0.648 bits per heavy atom. The van der Waals surface area contributed by atoms with E-state index in [2.05, 4.69) is 41.5 Å². The van der Waals surface area contributed by atoms with Gasteiger partial charge in [0.05, 0.1) is 26.4 Å². The van der Waals surface area contributed by atoms with E-state index in [0.29, 0.717) is 25.7 Å². The molecule has 0 rings (SSSR count). The van der Waals surface area contributed by atoms with Crippen LogP contribution in [-0.4, -0.2) is 96.7 Å². The molecule has 0 spiro atoms. The second-order valence-electron chi connectivity index (χ2n) is 31.9. The third kappa shape index (κ3) is 79.9. The molecule has 0 aliphatic rings. The highest BCUT2D eigenvalue weighted by Crippen LogP contribution is 2.45. The third-order valence-electron chi connectivity index (χ3n) is 20.2. The molecule has 0 bridgehead atoms. The molecule has 105 heavy (non-hydrogen) atoms. The molecule has 0 radical (unpaired) electrons. The number of phosphoric acid groups is 2. The quantitative estimate of drug-likeness (QED) is 0.0222. The van der Waals surface area contributed by atoms with Crippen molar-refractivity contribution in [2.75, 3.05) is 39.6 Å². The average Bonchev–Trinajstić information content (AvgIpc) is 0.913. The van der Waals surface area contributed by atoms with Gasteiger partial charge in [-0.05, 0) is 37.5 Å². The molecule has 0 saturated carbocycles. The fourth-order valence-electron chi connectivity index (χ4n) is 13.4. The fraction of sp³-hybridized carbons (Fsp3) is 0.953. The molecule has 17 nitrogen and oxygen atoms in total. The van der Waals surface area contributed by atoms with E-state index in [1.54, 1.807) is 0 Å². The Morgan fingerprint density at radius 1 is 0.257 bits per heavy atom. The van der Waals surface area contributed by atoms with Crippen molar-refractivity contribution < 1.29 is 80.2 Å². The van der Waals surface area contributed by atoms with E-state index in [0.717, 1.165) is 102 Å². The van der Waals surface area contributed by atoms with Crippen molar-refractivity contribution in [1.82, 2.24) is 0 Å². The molecular weight excluding hydrogens is 1370 g/mol. The summed E-state index contributed by atoms with van der Waals surface area (Å²) in [5, 5.41) is 10.7. The van der Waals surface area contributed by atoms with Crippen LogP contribution in [0.2, 0.25) is 0 Å². The summed E-state index contributed by atoms with van der Waals surface area (Å²) in [6, 6.07) is 0. The number of esters is 4. The van der Waals surface area contributed by atoms with E-state index in [1.165, 1.54) is 276 Å². The van der Waals surface area contributed by atoms with Crippen molar-refractivity contribution in [1.29, 1.82) is 0 Å². The maximum Gasteiger partial charge on any atom is 0.472 e. The predicted molar refractivity (Wildman–Crippen MR) is 432 cm³/mol. The van der Waals surface area contributed by atoms with Crippen LogP contribution in [0.25, 0.3) is 0 Å². The van der Waals surface area contributed by atoms with Crippen LogP contribution in [0, 0.1) is 11.8 Å². The molecule has 19 heteroatoms. The zero-order chi connectivity index (χ0) is 77.1. The van der Waals surface area contributed by atoms with Crippen molar-refractivity contribution in [3.8, 4) is 0 Å². The van der Waals surface area contributed by atoms with Crippen LogP contribution in [0.3, 0.4) is 0 Å². The predicted octanol–water partition coefficient (Wildman–Crippen LogP) is 26.2. The van der Waals surface area contributed by atoms with Crippen molar-refractivity contribution in [2.45, 2.75) is 477 Å². The summed E-state index contributed by atoms with van der Waals surface area (Å²) in [5.41, 5.74) is 0. The van der Waals surface area contributed by atoms with Crippen molar-refractivity contribution in [3.05, 3.63) is 0 Å². The number of rotatable bonds is 85. The molecule has 0 aromatic heterocycles. The van der Waals surface area contributed by atoms with Gasteiger partial charge in [-0.3, -0.25) is 37.3 Å². The molecule has 0 aliphatic carbocycles. The van der Waals surface area contributed by atoms with Crippen LogP contribution < -0.4 is 0 Å². The van der Waals surface area contributed by atoms with Gasteiger partial charge in [0.2, 0.25) is 0 Å². The monoisotopic (exact) mass is 1540 g/mol. The molecule has 624 valence electrons. The number of hydrogen-bond acceptors (Lipinski definition) is 15. The summed E-state index contributed by atoms with van der Waals surface area (Å²) in [7, 11) is -9.93. The van der Waals surface area contributed by atoms with Crippen molar-refractivity contribution in [3.63, 3.8) is 0 Å². The summed E-state index contributed by atoms with van der Waals surface area (Å²) in [6.45, 7) is 9.74. The van der Waals surface area contributed by atoms with Gasteiger partial charge in [0.25, 0.3) is 0 Å². The van der Waals surface area contributed by atoms with Gasteiger partial charge in [-0.2, -0.15) is 0 Å². The maximum atomic E-state index is 13.2. The average molecular weight is 1540 g/mol. The van der Waals surface area contributed by atoms with Gasteiger partial charge in [-0.15, -0.1) is 0 Å². The van der Waals surface area contributed by atoms with Crippen LogP contribution in [0.4, 0.5) is 0 Å². The Bertz CT molecular complexity index is 2010. The number of carbonyl (C=O) groups excluding carboxylic acids is 4. The minimum Gasteiger partial charge on any atom is -0.462 e. The number of aliphatic hydroxyl groups excluding tert-OH is 1. The van der Waals surface area contributed by atoms with Crippen LogP contribution in [0.15, 0.2) is 0 Å². The zero-order valence-electron chi connectivity index (χ0n) is 69.0. The molecule has 5 atom stereocenters. The Kier molecular flexibility index (Phi) is 76.0. The first kappa shape index (κ1) is 103. The van der Waals surface area contributed by atoms with E-state index >= 15 is 0 Å². The topological polar surface area (TPSA) is 237 Å². The molecule has 0 aromatic carbocycles. The van der Waals surface area contributed by atoms with E-state index in [1.807, 2.05) is 0 Å².